The second kappa shape index (κ2) is 2.26. The zero-order chi connectivity index (χ0) is 7.84. The first-order valence-electron chi connectivity index (χ1n) is 4.03. The van der Waals surface area contributed by atoms with Crippen LogP contribution in [0.3, 0.4) is 0 Å². The van der Waals surface area contributed by atoms with Crippen LogP contribution in [0.5, 0.6) is 0 Å². The number of amides is 2. The Bertz CT molecular complexity index is 232. The highest BCUT2D eigenvalue weighted by molar-refractivity contribution is 5.74. The number of primary amides is 1. The SMILES string of the molecule is NC(=O)NC1=C2CCC(C2)C1. The summed E-state index contributed by atoms with van der Waals surface area (Å²) in [7, 11) is 0. The molecule has 3 nitrogen and oxygen atoms in total. The Morgan fingerprint density at radius 3 is 2.82 bits per heavy atom. The van der Waals surface area contributed by atoms with Gasteiger partial charge in [-0.05, 0) is 31.6 Å². The van der Waals surface area contributed by atoms with Crippen LogP contribution in [0.2, 0.25) is 0 Å². The van der Waals surface area contributed by atoms with Crippen LogP contribution in [0.4, 0.5) is 4.79 Å². The van der Waals surface area contributed by atoms with Gasteiger partial charge in [0.05, 0.1) is 0 Å². The molecule has 0 aromatic rings. The Hall–Kier alpha value is -0.990. The number of hydrogen-bond acceptors (Lipinski definition) is 1. The number of allylic oxidation sites excluding steroid dienone is 2. The zero-order valence-electron chi connectivity index (χ0n) is 6.39. The lowest BCUT2D eigenvalue weighted by atomic mass is 10.0. The topological polar surface area (TPSA) is 55.1 Å². The second-order valence-electron chi connectivity index (χ2n) is 3.38. The van der Waals surface area contributed by atoms with Gasteiger partial charge < -0.3 is 11.1 Å². The molecule has 60 valence electrons. The fourth-order valence-electron chi connectivity index (χ4n) is 2.10. The summed E-state index contributed by atoms with van der Waals surface area (Å²) in [5.74, 6) is 0.798. The Kier molecular flexibility index (Phi) is 1.37. The summed E-state index contributed by atoms with van der Waals surface area (Å²) in [5.41, 5.74) is 7.55. The molecule has 2 aliphatic carbocycles. The van der Waals surface area contributed by atoms with Gasteiger partial charge in [-0.15, -0.1) is 0 Å². The Morgan fingerprint density at radius 1 is 1.55 bits per heavy atom. The van der Waals surface area contributed by atoms with Gasteiger partial charge in [-0.3, -0.25) is 0 Å². The Labute approximate surface area is 65.6 Å². The maximum Gasteiger partial charge on any atom is 0.316 e. The van der Waals surface area contributed by atoms with E-state index in [1.807, 2.05) is 0 Å². The molecule has 11 heavy (non-hydrogen) atoms. The molecule has 0 aliphatic heterocycles. The largest absolute Gasteiger partial charge is 0.351 e. The quantitative estimate of drug-likeness (QED) is 0.581. The summed E-state index contributed by atoms with van der Waals surface area (Å²) in [6.07, 6.45) is 4.70. The number of carbonyl (C=O) groups is 1. The fraction of sp³-hybridized carbons (Fsp3) is 0.625. The van der Waals surface area contributed by atoms with Gasteiger partial charge in [-0.25, -0.2) is 4.79 Å². The molecule has 2 bridgehead atoms. The normalized spacial score (nSPS) is 27.8. The molecule has 0 heterocycles. The van der Waals surface area contributed by atoms with E-state index in [0.29, 0.717) is 0 Å². The van der Waals surface area contributed by atoms with Crippen molar-refractivity contribution in [1.82, 2.24) is 5.32 Å². The maximum absolute atomic E-state index is 10.5. The van der Waals surface area contributed by atoms with Crippen molar-refractivity contribution in [2.45, 2.75) is 25.7 Å². The minimum atomic E-state index is -0.417. The number of carbonyl (C=O) groups excluding carboxylic acids is 1. The van der Waals surface area contributed by atoms with E-state index in [9.17, 15) is 4.79 Å². The summed E-state index contributed by atoms with van der Waals surface area (Å²) < 4.78 is 0. The molecule has 0 radical (unpaired) electrons. The first kappa shape index (κ1) is 6.70. The van der Waals surface area contributed by atoms with Crippen molar-refractivity contribution in [2.75, 3.05) is 0 Å². The number of rotatable bonds is 1. The van der Waals surface area contributed by atoms with Crippen LogP contribution < -0.4 is 11.1 Å². The lowest BCUT2D eigenvalue weighted by molar-refractivity contribution is 0.250. The molecule has 1 saturated carbocycles. The average Bonchev–Trinajstić information content (AvgIpc) is 2.45. The minimum absolute atomic E-state index is 0.417. The molecule has 1 fully saturated rings. The predicted molar refractivity (Wildman–Crippen MR) is 41.7 cm³/mol. The molecular weight excluding hydrogens is 140 g/mol. The molecule has 0 aromatic heterocycles. The van der Waals surface area contributed by atoms with E-state index in [1.54, 1.807) is 0 Å². The van der Waals surface area contributed by atoms with Crippen molar-refractivity contribution in [1.29, 1.82) is 0 Å². The average molecular weight is 152 g/mol. The van der Waals surface area contributed by atoms with Crippen LogP contribution >= 0.6 is 0 Å². The first-order chi connectivity index (χ1) is 5.25. The standard InChI is InChI=1S/C8H12N2O/c9-8(11)10-7-4-5-1-2-6(7)3-5/h5H,1-4H2,(H3,9,10,11). The zero-order valence-corrected chi connectivity index (χ0v) is 6.39. The van der Waals surface area contributed by atoms with Crippen LogP contribution in [0.1, 0.15) is 25.7 Å². The molecule has 0 saturated heterocycles. The molecule has 1 unspecified atom stereocenters. The third-order valence-electron chi connectivity index (χ3n) is 2.58. The number of urea groups is 1. The van der Waals surface area contributed by atoms with Gasteiger partial charge in [0.25, 0.3) is 0 Å². The smallest absolute Gasteiger partial charge is 0.316 e. The highest BCUT2D eigenvalue weighted by Gasteiger charge is 2.30. The van der Waals surface area contributed by atoms with Gasteiger partial charge >= 0.3 is 6.03 Å². The first-order valence-corrected chi connectivity index (χ1v) is 4.03. The maximum atomic E-state index is 10.5. The van der Waals surface area contributed by atoms with Gasteiger partial charge in [0, 0.05) is 5.70 Å². The van der Waals surface area contributed by atoms with Gasteiger partial charge in [-0.1, -0.05) is 5.57 Å². The van der Waals surface area contributed by atoms with E-state index in [4.69, 9.17) is 5.73 Å². The lowest BCUT2D eigenvalue weighted by Crippen LogP contribution is -2.29. The van der Waals surface area contributed by atoms with Crippen molar-refractivity contribution in [3.8, 4) is 0 Å². The van der Waals surface area contributed by atoms with Crippen molar-refractivity contribution >= 4 is 6.03 Å². The van der Waals surface area contributed by atoms with E-state index < -0.39 is 6.03 Å². The Balaban J connectivity index is 2.09. The predicted octanol–water partition coefficient (Wildman–Crippen LogP) is 1.11. The van der Waals surface area contributed by atoms with Crippen molar-refractivity contribution in [2.24, 2.45) is 11.7 Å². The summed E-state index contributed by atoms with van der Waals surface area (Å²) in [5, 5.41) is 2.69. The van der Waals surface area contributed by atoms with E-state index in [2.05, 4.69) is 5.32 Å². The highest BCUT2D eigenvalue weighted by Crippen LogP contribution is 2.42. The second-order valence-corrected chi connectivity index (χ2v) is 3.38. The highest BCUT2D eigenvalue weighted by atomic mass is 16.2. The van der Waals surface area contributed by atoms with Crippen molar-refractivity contribution in [3.05, 3.63) is 11.3 Å². The number of fused-ring (bicyclic) bond motifs is 2. The van der Waals surface area contributed by atoms with Crippen LogP contribution in [-0.2, 0) is 0 Å². The summed E-state index contributed by atoms with van der Waals surface area (Å²) in [4.78, 5) is 10.5. The molecule has 3 heteroatoms. The molecule has 0 spiro atoms. The molecule has 2 aliphatic rings. The van der Waals surface area contributed by atoms with Crippen molar-refractivity contribution in [3.63, 3.8) is 0 Å². The molecule has 3 N–H and O–H groups in total. The third-order valence-corrected chi connectivity index (χ3v) is 2.58. The number of hydrogen-bond donors (Lipinski definition) is 2. The Morgan fingerprint density at radius 2 is 2.36 bits per heavy atom. The molecule has 1 atom stereocenters. The third kappa shape index (κ3) is 1.11. The van der Waals surface area contributed by atoms with E-state index in [1.165, 1.54) is 24.8 Å². The van der Waals surface area contributed by atoms with E-state index in [0.717, 1.165) is 18.0 Å². The van der Waals surface area contributed by atoms with Gasteiger partial charge in [0.15, 0.2) is 0 Å². The molecule has 0 aromatic carbocycles. The summed E-state index contributed by atoms with van der Waals surface area (Å²) >= 11 is 0. The number of nitrogens with one attached hydrogen (secondary N) is 1. The van der Waals surface area contributed by atoms with Gasteiger partial charge in [-0.2, -0.15) is 0 Å². The summed E-state index contributed by atoms with van der Waals surface area (Å²) in [6.45, 7) is 0. The van der Waals surface area contributed by atoms with E-state index in [-0.39, 0.29) is 0 Å². The van der Waals surface area contributed by atoms with Gasteiger partial charge in [0.2, 0.25) is 0 Å². The van der Waals surface area contributed by atoms with Crippen LogP contribution in [-0.4, -0.2) is 6.03 Å². The number of nitrogens with two attached hydrogens (primary N) is 1. The molecule has 2 rings (SSSR count). The van der Waals surface area contributed by atoms with Crippen LogP contribution in [0.15, 0.2) is 11.3 Å². The monoisotopic (exact) mass is 152 g/mol. The van der Waals surface area contributed by atoms with E-state index >= 15 is 0 Å². The lowest BCUT2D eigenvalue weighted by Gasteiger charge is -2.11. The van der Waals surface area contributed by atoms with Gasteiger partial charge in [0.1, 0.15) is 0 Å². The molecule has 2 amide bonds. The summed E-state index contributed by atoms with van der Waals surface area (Å²) in [6, 6.07) is -0.417. The fourth-order valence-corrected chi connectivity index (χ4v) is 2.10. The minimum Gasteiger partial charge on any atom is -0.351 e. The molecular formula is C8H12N2O. The van der Waals surface area contributed by atoms with Crippen LogP contribution in [0.25, 0.3) is 0 Å². The van der Waals surface area contributed by atoms with Crippen molar-refractivity contribution < 1.29 is 4.79 Å². The van der Waals surface area contributed by atoms with Crippen LogP contribution in [0, 0.1) is 5.92 Å².